The van der Waals surface area contributed by atoms with E-state index in [1.807, 2.05) is 35.2 Å². The number of urea groups is 1. The van der Waals surface area contributed by atoms with Crippen LogP contribution in [0.15, 0.2) is 48.8 Å². The van der Waals surface area contributed by atoms with Crippen LogP contribution in [0, 0.1) is 0 Å². The van der Waals surface area contributed by atoms with Gasteiger partial charge in [-0.25, -0.2) is 4.79 Å². The van der Waals surface area contributed by atoms with Crippen molar-refractivity contribution in [1.29, 1.82) is 0 Å². The Morgan fingerprint density at radius 2 is 1.81 bits per heavy atom. The van der Waals surface area contributed by atoms with Gasteiger partial charge in [0.15, 0.2) is 0 Å². The molecule has 1 unspecified atom stereocenters. The Kier molecular flexibility index (Phi) is 6.53. The number of rotatable bonds is 3. The summed E-state index contributed by atoms with van der Waals surface area (Å²) in [5.41, 5.74) is 3.07. The zero-order valence-corrected chi connectivity index (χ0v) is 16.0. The molecule has 2 aliphatic heterocycles. The number of carbonyl (C=O) groups is 1. The number of benzene rings is 1. The van der Waals surface area contributed by atoms with Gasteiger partial charge in [-0.1, -0.05) is 12.1 Å². The highest BCUT2D eigenvalue weighted by Crippen LogP contribution is 2.33. The minimum absolute atomic E-state index is 0. The first-order chi connectivity index (χ1) is 12.8. The van der Waals surface area contributed by atoms with Gasteiger partial charge in [0.1, 0.15) is 0 Å². The minimum atomic E-state index is -0.0370. The molecule has 1 N–H and O–H groups in total. The fourth-order valence-corrected chi connectivity index (χ4v) is 3.79. The number of likely N-dealkylation sites (tertiary alicyclic amines) is 1. The van der Waals surface area contributed by atoms with Crippen molar-refractivity contribution in [3.63, 3.8) is 0 Å². The molecule has 2 saturated heterocycles. The Labute approximate surface area is 165 Å². The first-order valence-corrected chi connectivity index (χ1v) is 9.22. The van der Waals surface area contributed by atoms with Crippen LogP contribution in [0.1, 0.15) is 24.4 Å². The Bertz CT molecular complexity index is 753. The second kappa shape index (κ2) is 9.06. The van der Waals surface area contributed by atoms with E-state index in [1.165, 1.54) is 0 Å². The molecule has 2 aliphatic rings. The van der Waals surface area contributed by atoms with Crippen molar-refractivity contribution in [2.45, 2.75) is 18.9 Å². The lowest BCUT2D eigenvalue weighted by molar-refractivity contribution is 0.123. The second-order valence-electron chi connectivity index (χ2n) is 6.68. The van der Waals surface area contributed by atoms with Crippen molar-refractivity contribution in [3.8, 4) is 0 Å². The molecule has 6 nitrogen and oxygen atoms in total. The fraction of sp³-hybridized carbons (Fsp3) is 0.400. The maximum atomic E-state index is 13.0. The molecule has 1 atom stereocenters. The van der Waals surface area contributed by atoms with E-state index < -0.39 is 0 Å². The number of amides is 2. The normalized spacial score (nSPS) is 19.5. The van der Waals surface area contributed by atoms with E-state index in [0.717, 1.165) is 62.6 Å². The van der Waals surface area contributed by atoms with E-state index in [-0.39, 0.29) is 24.5 Å². The Hall–Kier alpha value is -2.31. The molecular formula is C20H25ClN4O2. The molecule has 0 bridgehead atoms. The van der Waals surface area contributed by atoms with Gasteiger partial charge in [-0.15, -0.1) is 12.4 Å². The van der Waals surface area contributed by atoms with Crippen LogP contribution in [-0.4, -0.2) is 48.8 Å². The standard InChI is InChI=1S/C20H24N4O2.ClH/c25-20(24-11-3-6-18(24)16-7-9-21-10-8-16)22-17-4-1-2-5-19(17)23-12-14-26-15-13-23;/h1-2,4-5,7-10,18H,3,6,11-15H2,(H,22,25);1H. The van der Waals surface area contributed by atoms with Crippen LogP contribution in [0.25, 0.3) is 0 Å². The highest BCUT2D eigenvalue weighted by molar-refractivity contribution is 5.93. The van der Waals surface area contributed by atoms with Crippen molar-refractivity contribution >= 4 is 29.8 Å². The number of anilines is 2. The largest absolute Gasteiger partial charge is 0.378 e. The van der Waals surface area contributed by atoms with Gasteiger partial charge in [0.05, 0.1) is 30.6 Å². The van der Waals surface area contributed by atoms with Crippen molar-refractivity contribution in [2.24, 2.45) is 0 Å². The number of aromatic nitrogens is 1. The molecule has 2 amide bonds. The van der Waals surface area contributed by atoms with Gasteiger partial charge in [0.2, 0.25) is 0 Å². The SMILES string of the molecule is Cl.O=C(Nc1ccccc1N1CCOCC1)N1CCCC1c1ccncc1. The number of halogens is 1. The Morgan fingerprint density at radius 3 is 2.59 bits per heavy atom. The molecular weight excluding hydrogens is 364 g/mol. The zero-order chi connectivity index (χ0) is 17.8. The van der Waals surface area contributed by atoms with E-state index in [9.17, 15) is 4.79 Å². The van der Waals surface area contributed by atoms with Crippen molar-refractivity contribution in [1.82, 2.24) is 9.88 Å². The van der Waals surface area contributed by atoms with Crippen LogP contribution in [0.3, 0.4) is 0 Å². The molecule has 0 radical (unpaired) electrons. The molecule has 3 heterocycles. The van der Waals surface area contributed by atoms with Gasteiger partial charge in [0.25, 0.3) is 0 Å². The summed E-state index contributed by atoms with van der Waals surface area (Å²) in [6, 6.07) is 12.1. The molecule has 2 aromatic rings. The van der Waals surface area contributed by atoms with Gasteiger partial charge in [-0.05, 0) is 42.7 Å². The molecule has 4 rings (SSSR count). The number of hydrogen-bond donors (Lipinski definition) is 1. The van der Waals surface area contributed by atoms with Crippen LogP contribution in [-0.2, 0) is 4.74 Å². The number of para-hydroxylation sites is 2. The smallest absolute Gasteiger partial charge is 0.322 e. The van der Waals surface area contributed by atoms with Gasteiger partial charge in [-0.3, -0.25) is 4.98 Å². The molecule has 144 valence electrons. The van der Waals surface area contributed by atoms with E-state index >= 15 is 0 Å². The molecule has 2 fully saturated rings. The highest BCUT2D eigenvalue weighted by atomic mass is 35.5. The van der Waals surface area contributed by atoms with Crippen molar-refractivity contribution < 1.29 is 9.53 Å². The van der Waals surface area contributed by atoms with Gasteiger partial charge in [-0.2, -0.15) is 0 Å². The molecule has 7 heteroatoms. The molecule has 27 heavy (non-hydrogen) atoms. The average Bonchev–Trinajstić information content (AvgIpc) is 3.20. The van der Waals surface area contributed by atoms with E-state index in [0.29, 0.717) is 0 Å². The number of pyridine rings is 1. The summed E-state index contributed by atoms with van der Waals surface area (Å²) in [7, 11) is 0. The van der Waals surface area contributed by atoms with Gasteiger partial charge in [0, 0.05) is 32.0 Å². The second-order valence-corrected chi connectivity index (χ2v) is 6.68. The van der Waals surface area contributed by atoms with E-state index in [2.05, 4.69) is 21.3 Å². The van der Waals surface area contributed by atoms with Crippen LogP contribution < -0.4 is 10.2 Å². The zero-order valence-electron chi connectivity index (χ0n) is 15.2. The third-order valence-corrected chi connectivity index (χ3v) is 5.10. The molecule has 1 aromatic carbocycles. The Balaban J connectivity index is 0.00000210. The summed E-state index contributed by atoms with van der Waals surface area (Å²) >= 11 is 0. The summed E-state index contributed by atoms with van der Waals surface area (Å²) in [5.74, 6) is 0. The lowest BCUT2D eigenvalue weighted by Crippen LogP contribution is -2.38. The number of carbonyl (C=O) groups excluding carboxylic acids is 1. The first kappa shape index (κ1) is 19.5. The van der Waals surface area contributed by atoms with Crippen LogP contribution in [0.5, 0.6) is 0 Å². The maximum absolute atomic E-state index is 13.0. The highest BCUT2D eigenvalue weighted by Gasteiger charge is 2.30. The van der Waals surface area contributed by atoms with Gasteiger partial charge >= 0.3 is 6.03 Å². The summed E-state index contributed by atoms with van der Waals surface area (Å²) in [6.45, 7) is 3.90. The molecule has 0 aliphatic carbocycles. The average molecular weight is 389 g/mol. The van der Waals surface area contributed by atoms with Crippen LogP contribution in [0.4, 0.5) is 16.2 Å². The summed E-state index contributed by atoms with van der Waals surface area (Å²) in [4.78, 5) is 21.3. The third-order valence-electron chi connectivity index (χ3n) is 5.10. The Morgan fingerprint density at radius 1 is 1.07 bits per heavy atom. The quantitative estimate of drug-likeness (QED) is 0.870. The number of nitrogens with one attached hydrogen (secondary N) is 1. The summed E-state index contributed by atoms with van der Waals surface area (Å²) in [5, 5.41) is 3.14. The van der Waals surface area contributed by atoms with Gasteiger partial charge < -0.3 is 19.9 Å². The summed E-state index contributed by atoms with van der Waals surface area (Å²) < 4.78 is 5.44. The van der Waals surface area contributed by atoms with E-state index in [4.69, 9.17) is 4.74 Å². The lowest BCUT2D eigenvalue weighted by Gasteiger charge is -2.31. The third kappa shape index (κ3) is 4.34. The molecule has 0 spiro atoms. The predicted octanol–water partition coefficient (Wildman–Crippen LogP) is 3.71. The topological polar surface area (TPSA) is 57.7 Å². The summed E-state index contributed by atoms with van der Waals surface area (Å²) in [6.07, 6.45) is 5.59. The number of hydrogen-bond acceptors (Lipinski definition) is 4. The monoisotopic (exact) mass is 388 g/mol. The molecule has 0 saturated carbocycles. The first-order valence-electron chi connectivity index (χ1n) is 9.22. The number of morpholine rings is 1. The molecule has 1 aromatic heterocycles. The fourth-order valence-electron chi connectivity index (χ4n) is 3.79. The van der Waals surface area contributed by atoms with E-state index in [1.54, 1.807) is 12.4 Å². The number of ether oxygens (including phenoxy) is 1. The lowest BCUT2D eigenvalue weighted by atomic mass is 10.1. The van der Waals surface area contributed by atoms with Crippen LogP contribution >= 0.6 is 12.4 Å². The predicted molar refractivity (Wildman–Crippen MR) is 109 cm³/mol. The number of nitrogens with zero attached hydrogens (tertiary/aromatic N) is 3. The van der Waals surface area contributed by atoms with Crippen molar-refractivity contribution in [3.05, 3.63) is 54.4 Å². The van der Waals surface area contributed by atoms with Crippen LogP contribution in [0.2, 0.25) is 0 Å². The minimum Gasteiger partial charge on any atom is -0.378 e. The maximum Gasteiger partial charge on any atom is 0.322 e. The van der Waals surface area contributed by atoms with Crippen molar-refractivity contribution in [2.75, 3.05) is 43.1 Å².